The third-order valence-electron chi connectivity index (χ3n) is 8.33. The fourth-order valence-electron chi connectivity index (χ4n) is 5.91. The van der Waals surface area contributed by atoms with Crippen molar-refractivity contribution in [3.8, 4) is 0 Å². The summed E-state index contributed by atoms with van der Waals surface area (Å²) < 4.78 is 80.4. The number of anilines is 2. The maximum Gasteiger partial charge on any atom is 0.418 e. The predicted molar refractivity (Wildman–Crippen MR) is 150 cm³/mol. The lowest BCUT2D eigenvalue weighted by Crippen LogP contribution is -2.52. The van der Waals surface area contributed by atoms with Crippen molar-refractivity contribution >= 4 is 23.2 Å². The van der Waals surface area contributed by atoms with Crippen molar-refractivity contribution in [1.29, 1.82) is 0 Å². The van der Waals surface area contributed by atoms with Crippen LogP contribution in [0, 0.1) is 11.8 Å². The number of nitrogens with one attached hydrogen (secondary N) is 2. The smallest absolute Gasteiger partial charge is 0.398 e. The Hall–Kier alpha value is -3.80. The SMILES string of the molecule is CNC(=O)C1=CC=CC(c2cccc(CC(O)(C(=O)Nc3ccc(N)c(C(F)(F)F)c3)C3CCC(C(F)(F)F)CC3)c2)C1. The van der Waals surface area contributed by atoms with E-state index < -0.39 is 46.9 Å². The van der Waals surface area contributed by atoms with Crippen LogP contribution in [0.2, 0.25) is 0 Å². The first-order valence-corrected chi connectivity index (χ1v) is 13.9. The number of nitrogens with two attached hydrogens (primary N) is 1. The minimum absolute atomic E-state index is 0.102. The van der Waals surface area contributed by atoms with E-state index in [0.29, 0.717) is 23.6 Å². The largest absolute Gasteiger partial charge is 0.418 e. The maximum absolute atomic E-state index is 13.6. The zero-order valence-electron chi connectivity index (χ0n) is 23.4. The number of carbonyl (C=O) groups excluding carboxylic acids is 2. The molecule has 2 aliphatic rings. The molecular formula is C31H33F6N3O3. The van der Waals surface area contributed by atoms with Gasteiger partial charge in [0.05, 0.1) is 11.5 Å². The van der Waals surface area contributed by atoms with E-state index in [1.807, 2.05) is 12.1 Å². The van der Waals surface area contributed by atoms with E-state index in [4.69, 9.17) is 5.73 Å². The van der Waals surface area contributed by atoms with Crippen molar-refractivity contribution < 1.29 is 41.0 Å². The molecule has 6 nitrogen and oxygen atoms in total. The summed E-state index contributed by atoms with van der Waals surface area (Å²) in [6.45, 7) is 0. The third kappa shape index (κ3) is 7.41. The third-order valence-corrected chi connectivity index (χ3v) is 8.33. The number of allylic oxidation sites excluding steroid dienone is 3. The number of hydrogen-bond donors (Lipinski definition) is 4. The second-order valence-corrected chi connectivity index (χ2v) is 11.2. The quantitative estimate of drug-likeness (QED) is 0.219. The van der Waals surface area contributed by atoms with Gasteiger partial charge in [0.25, 0.3) is 5.91 Å². The van der Waals surface area contributed by atoms with Gasteiger partial charge in [-0.15, -0.1) is 0 Å². The van der Waals surface area contributed by atoms with Gasteiger partial charge in [-0.3, -0.25) is 9.59 Å². The first kappa shape index (κ1) is 32.1. The van der Waals surface area contributed by atoms with E-state index in [9.17, 15) is 41.0 Å². The molecular weight excluding hydrogens is 576 g/mol. The van der Waals surface area contributed by atoms with Crippen molar-refractivity contribution in [2.75, 3.05) is 18.1 Å². The summed E-state index contributed by atoms with van der Waals surface area (Å²) in [6, 6.07) is 9.76. The highest BCUT2D eigenvalue weighted by Gasteiger charge is 2.49. The summed E-state index contributed by atoms with van der Waals surface area (Å²) in [5.74, 6) is -3.87. The summed E-state index contributed by atoms with van der Waals surface area (Å²) in [5.41, 5.74) is 3.12. The van der Waals surface area contributed by atoms with Crippen LogP contribution >= 0.6 is 0 Å². The van der Waals surface area contributed by atoms with Gasteiger partial charge < -0.3 is 21.5 Å². The molecule has 0 spiro atoms. The summed E-state index contributed by atoms with van der Waals surface area (Å²) in [6.07, 6.45) is -4.49. The molecule has 0 bridgehead atoms. The van der Waals surface area contributed by atoms with Gasteiger partial charge in [-0.2, -0.15) is 26.3 Å². The lowest BCUT2D eigenvalue weighted by molar-refractivity contribution is -0.189. The molecule has 4 rings (SSSR count). The summed E-state index contributed by atoms with van der Waals surface area (Å²) >= 11 is 0. The average molecular weight is 610 g/mol. The molecule has 0 aliphatic heterocycles. The van der Waals surface area contributed by atoms with E-state index in [-0.39, 0.29) is 49.6 Å². The molecule has 2 aromatic rings. The Kier molecular flexibility index (Phi) is 9.29. The second kappa shape index (κ2) is 12.4. The number of alkyl halides is 6. The number of aliphatic hydroxyl groups is 1. The van der Waals surface area contributed by atoms with Gasteiger partial charge in [0, 0.05) is 36.3 Å². The molecule has 2 amide bonds. The molecule has 1 saturated carbocycles. The molecule has 43 heavy (non-hydrogen) atoms. The minimum Gasteiger partial charge on any atom is -0.398 e. The standard InChI is InChI=1S/C31H33F6N3O3/c1-39-27(41)21-7-3-6-20(15-21)19-5-2-4-18(14-19)17-29(43,22-8-10-23(11-9-22)30(32,33)34)28(42)40-24-12-13-26(38)25(16-24)31(35,36)37/h2-7,12-14,16,20,22-23,43H,8-11,15,17,38H2,1H3,(H,39,41)(H,40,42). The van der Waals surface area contributed by atoms with Crippen molar-refractivity contribution in [2.24, 2.45) is 11.8 Å². The molecule has 2 aliphatic carbocycles. The molecule has 1 fully saturated rings. The number of carbonyl (C=O) groups is 2. The van der Waals surface area contributed by atoms with Crippen molar-refractivity contribution in [3.63, 3.8) is 0 Å². The van der Waals surface area contributed by atoms with E-state index in [1.165, 1.54) is 7.05 Å². The molecule has 5 N–H and O–H groups in total. The zero-order valence-corrected chi connectivity index (χ0v) is 23.4. The molecule has 12 heteroatoms. The summed E-state index contributed by atoms with van der Waals surface area (Å²) in [4.78, 5) is 25.8. The Bertz CT molecular complexity index is 1410. The Morgan fingerprint density at radius 3 is 2.28 bits per heavy atom. The lowest BCUT2D eigenvalue weighted by atomic mass is 9.70. The van der Waals surface area contributed by atoms with Gasteiger partial charge in [-0.1, -0.05) is 42.5 Å². The maximum atomic E-state index is 13.6. The summed E-state index contributed by atoms with van der Waals surface area (Å²) in [5, 5.41) is 16.9. The van der Waals surface area contributed by atoms with Crippen LogP contribution in [0.1, 0.15) is 54.7 Å². The van der Waals surface area contributed by atoms with E-state index >= 15 is 0 Å². The number of rotatable bonds is 7. The number of amides is 2. The Morgan fingerprint density at radius 2 is 1.65 bits per heavy atom. The molecule has 0 aromatic heterocycles. The fourth-order valence-corrected chi connectivity index (χ4v) is 5.91. The number of benzene rings is 2. The molecule has 232 valence electrons. The molecule has 2 atom stereocenters. The monoisotopic (exact) mass is 609 g/mol. The van der Waals surface area contributed by atoms with Gasteiger partial charge in [-0.25, -0.2) is 0 Å². The highest BCUT2D eigenvalue weighted by atomic mass is 19.4. The normalized spacial score (nSPS) is 22.3. The van der Waals surface area contributed by atoms with Crippen molar-refractivity contribution in [1.82, 2.24) is 5.32 Å². The predicted octanol–water partition coefficient (Wildman–Crippen LogP) is 6.28. The number of nitrogen functional groups attached to an aromatic ring is 1. The second-order valence-electron chi connectivity index (χ2n) is 11.2. The van der Waals surface area contributed by atoms with Gasteiger partial charge in [-0.05, 0) is 67.3 Å². The Balaban J connectivity index is 1.62. The molecule has 2 aromatic carbocycles. The first-order chi connectivity index (χ1) is 20.1. The van der Waals surface area contributed by atoms with Crippen LogP contribution in [-0.4, -0.2) is 35.7 Å². The zero-order chi connectivity index (χ0) is 31.6. The van der Waals surface area contributed by atoms with Crippen LogP contribution in [-0.2, 0) is 22.2 Å². The number of halogens is 6. The first-order valence-electron chi connectivity index (χ1n) is 13.9. The Labute approximate surface area is 245 Å². The van der Waals surface area contributed by atoms with Gasteiger partial charge in [0.15, 0.2) is 0 Å². The van der Waals surface area contributed by atoms with Crippen LogP contribution in [0.5, 0.6) is 0 Å². The fraction of sp³-hybridized carbons (Fsp3) is 0.419. The lowest BCUT2D eigenvalue weighted by Gasteiger charge is -2.40. The Morgan fingerprint density at radius 1 is 0.977 bits per heavy atom. The van der Waals surface area contributed by atoms with Crippen molar-refractivity contribution in [2.45, 2.75) is 62.4 Å². The van der Waals surface area contributed by atoms with Crippen LogP contribution in [0.15, 0.2) is 66.3 Å². The highest BCUT2D eigenvalue weighted by molar-refractivity contribution is 5.98. The summed E-state index contributed by atoms with van der Waals surface area (Å²) in [7, 11) is 1.53. The van der Waals surface area contributed by atoms with E-state index in [2.05, 4.69) is 10.6 Å². The average Bonchev–Trinajstić information content (AvgIpc) is 2.97. The molecule has 0 saturated heterocycles. The van der Waals surface area contributed by atoms with Gasteiger partial charge in [0.2, 0.25) is 5.91 Å². The number of hydrogen-bond acceptors (Lipinski definition) is 4. The van der Waals surface area contributed by atoms with Crippen LogP contribution in [0.25, 0.3) is 0 Å². The van der Waals surface area contributed by atoms with Crippen molar-refractivity contribution in [3.05, 3.63) is 83.0 Å². The van der Waals surface area contributed by atoms with Crippen LogP contribution < -0.4 is 16.4 Å². The van der Waals surface area contributed by atoms with Crippen LogP contribution in [0.4, 0.5) is 37.7 Å². The van der Waals surface area contributed by atoms with E-state index in [1.54, 1.807) is 30.4 Å². The van der Waals surface area contributed by atoms with Crippen LogP contribution in [0.3, 0.4) is 0 Å². The van der Waals surface area contributed by atoms with Gasteiger partial charge in [0.1, 0.15) is 5.60 Å². The number of likely N-dealkylation sites (N-methyl/N-ethyl adjacent to an activating group) is 1. The van der Waals surface area contributed by atoms with E-state index in [0.717, 1.165) is 17.7 Å². The molecule has 2 unspecified atom stereocenters. The molecule has 0 radical (unpaired) electrons. The minimum atomic E-state index is -4.79. The molecule has 0 heterocycles. The van der Waals surface area contributed by atoms with Gasteiger partial charge >= 0.3 is 12.4 Å². The highest BCUT2D eigenvalue weighted by Crippen LogP contribution is 2.44. The topological polar surface area (TPSA) is 104 Å².